The fourth-order valence-electron chi connectivity index (χ4n) is 8.82. The van der Waals surface area contributed by atoms with Crippen molar-refractivity contribution in [1.82, 2.24) is 9.97 Å². The van der Waals surface area contributed by atoms with Crippen molar-refractivity contribution in [1.29, 1.82) is 0 Å². The van der Waals surface area contributed by atoms with Crippen molar-refractivity contribution in [3.05, 3.63) is 203 Å². The first-order valence-electron chi connectivity index (χ1n) is 26.2. The smallest absolute Gasteiger partial charge is 0.130 e. The maximum atomic E-state index is 5.29. The van der Waals surface area contributed by atoms with E-state index in [-0.39, 0.29) is 0 Å². The van der Waals surface area contributed by atoms with Crippen LogP contribution in [0.2, 0.25) is 17.7 Å². The molecule has 0 unspecified atom stereocenters. The largest absolute Gasteiger partial charge is 0.497 e. The van der Waals surface area contributed by atoms with E-state index in [1.54, 1.807) is 47.8 Å². The Bertz CT molecular complexity index is 2450. The van der Waals surface area contributed by atoms with Gasteiger partial charge in [-0.15, -0.1) is 6.58 Å². The van der Waals surface area contributed by atoms with Crippen LogP contribution in [0.25, 0.3) is 12.2 Å². The van der Waals surface area contributed by atoms with Gasteiger partial charge in [0.2, 0.25) is 0 Å². The van der Waals surface area contributed by atoms with Gasteiger partial charge in [0.15, 0.2) is 0 Å². The number of aromatic nitrogens is 2. The zero-order valence-electron chi connectivity index (χ0n) is 45.6. The van der Waals surface area contributed by atoms with E-state index >= 15 is 0 Å². The summed E-state index contributed by atoms with van der Waals surface area (Å²) in [6.07, 6.45) is 20.9. The number of rotatable bonds is 29. The fourth-order valence-corrected chi connectivity index (χ4v) is 24.4. The summed E-state index contributed by atoms with van der Waals surface area (Å²) in [5, 5.41) is 0. The fraction of sp³-hybridized carbons (Fsp3) is 0.344. The number of ether oxygens (including phenoxy) is 4. The van der Waals surface area contributed by atoms with Crippen molar-refractivity contribution in [2.75, 3.05) is 38.2 Å². The van der Waals surface area contributed by atoms with E-state index in [9.17, 15) is 0 Å². The van der Waals surface area contributed by atoms with Crippen LogP contribution in [-0.2, 0) is 32.6 Å². The first kappa shape index (κ1) is 60.8. The van der Waals surface area contributed by atoms with Crippen molar-refractivity contribution >= 4 is 58.1 Å². The molecule has 6 rings (SSSR count). The molecule has 6 aromatic rings. The molecule has 4 aromatic carbocycles. The summed E-state index contributed by atoms with van der Waals surface area (Å²) in [6.45, 7) is 25.6. The van der Waals surface area contributed by atoms with Crippen LogP contribution in [0.3, 0.4) is 0 Å². The van der Waals surface area contributed by atoms with E-state index in [4.69, 9.17) is 23.9 Å². The number of nitrogens with zero attached hydrogens (tertiary/aromatic N) is 4. The SMILES string of the molecule is C=CCc1cc(N(Cc2ccc(OC)cc2)Cc2ccc(OC)cc2)ncc1C=C.C=C[CH2][Sn]([CH2]CCC)([CH2]CCC)[CH2]CCC.C=Cc1cnc(N(Cc2ccc(OC)cc2)Cc2ccc(OC)cc2)cc1Br. The second-order valence-corrected chi connectivity index (χ2v) is 33.5. The molecule has 10 heteroatoms. The molecule has 0 aliphatic carbocycles. The molecule has 0 saturated carbocycles. The van der Waals surface area contributed by atoms with Crippen molar-refractivity contribution in [2.45, 2.75) is 110 Å². The van der Waals surface area contributed by atoms with Crippen LogP contribution in [-0.4, -0.2) is 56.8 Å². The number of pyridine rings is 2. The Balaban J connectivity index is 0.000000252. The Morgan fingerprint density at radius 2 is 0.824 bits per heavy atom. The Hall–Kier alpha value is -5.78. The van der Waals surface area contributed by atoms with Crippen LogP contribution in [0.15, 0.2) is 165 Å². The van der Waals surface area contributed by atoms with E-state index < -0.39 is 18.4 Å². The zero-order valence-corrected chi connectivity index (χ0v) is 50.0. The molecule has 0 atom stereocenters. The minimum absolute atomic E-state index is 0.725. The Morgan fingerprint density at radius 3 is 1.11 bits per heavy atom. The standard InChI is InChI=1S/C26H28N2O2.C23H23BrN2O2.3C4H9.C3H5.Sn/c1-5-7-23-16-26(27-17-22(23)6-2)28(18-20-8-12-24(29-3)13-9-20)19-21-10-14-25(30-4)15-11-21;1-4-19-14-25-23(13-22(19)24)26(15-17-5-9-20(27-2)10-6-17)16-18-7-11-21(28-3)12-8-18;3*1-3-4-2;1-3-2;/h5-6,8-17H,1-2,7,18-19H2,3-4H3;4-14H,1,15-16H2,2-3H3;3*1,3-4H2,2H3;3H,1-2H2;. The van der Waals surface area contributed by atoms with E-state index in [1.807, 2.05) is 79.1 Å². The minimum Gasteiger partial charge on any atom is -0.497 e. The van der Waals surface area contributed by atoms with Crippen LogP contribution in [0.4, 0.5) is 11.6 Å². The normalized spacial score (nSPS) is 10.6. The Labute approximate surface area is 458 Å². The maximum absolute atomic E-state index is 5.29. The molecule has 2 aromatic heterocycles. The van der Waals surface area contributed by atoms with Gasteiger partial charge in [0.25, 0.3) is 0 Å². The van der Waals surface area contributed by atoms with Crippen molar-refractivity contribution < 1.29 is 18.9 Å². The number of anilines is 2. The molecule has 0 aliphatic heterocycles. The molecule has 74 heavy (non-hydrogen) atoms. The summed E-state index contributed by atoms with van der Waals surface area (Å²) in [6, 6.07) is 36.7. The number of halogens is 1. The Morgan fingerprint density at radius 1 is 0.486 bits per heavy atom. The summed E-state index contributed by atoms with van der Waals surface area (Å²) in [5.41, 5.74) is 7.90. The summed E-state index contributed by atoms with van der Waals surface area (Å²) >= 11 is 1.84. The molecule has 8 nitrogen and oxygen atoms in total. The van der Waals surface area contributed by atoms with Crippen LogP contribution in [0.5, 0.6) is 23.0 Å². The molecule has 0 N–H and O–H groups in total. The molecule has 0 amide bonds. The second kappa shape index (κ2) is 33.9. The monoisotopic (exact) mass is 1170 g/mol. The van der Waals surface area contributed by atoms with Crippen molar-refractivity contribution in [2.24, 2.45) is 0 Å². The number of hydrogen-bond acceptors (Lipinski definition) is 8. The third kappa shape index (κ3) is 20.2. The van der Waals surface area contributed by atoms with E-state index in [0.717, 1.165) is 82.8 Å². The van der Waals surface area contributed by atoms with Crippen molar-refractivity contribution in [3.63, 3.8) is 0 Å². The number of allylic oxidation sites excluding steroid dienone is 2. The summed E-state index contributed by atoms with van der Waals surface area (Å²) in [5.74, 6) is 5.21. The zero-order chi connectivity index (χ0) is 53.6. The molecule has 0 fully saturated rings. The number of unbranched alkanes of at least 4 members (excludes halogenated alkanes) is 3. The van der Waals surface area contributed by atoms with Crippen LogP contribution in [0.1, 0.15) is 98.2 Å². The van der Waals surface area contributed by atoms with Crippen molar-refractivity contribution in [3.8, 4) is 23.0 Å². The van der Waals surface area contributed by atoms with E-state index in [2.05, 4.69) is 138 Å². The summed E-state index contributed by atoms with van der Waals surface area (Å²) < 4.78 is 28.4. The molecule has 0 spiro atoms. The van der Waals surface area contributed by atoms with Gasteiger partial charge >= 0.3 is 108 Å². The number of hydrogen-bond donors (Lipinski definition) is 0. The van der Waals surface area contributed by atoms with Crippen LogP contribution in [0, 0.1) is 0 Å². The van der Waals surface area contributed by atoms with Gasteiger partial charge in [-0.1, -0.05) is 79.9 Å². The van der Waals surface area contributed by atoms with Gasteiger partial charge in [-0.2, -0.15) is 0 Å². The number of benzene rings is 4. The first-order chi connectivity index (χ1) is 36.0. The molecule has 0 saturated heterocycles. The molecular formula is C64H83BrN4O4Sn. The molecule has 0 radical (unpaired) electrons. The first-order valence-corrected chi connectivity index (χ1v) is 35.0. The van der Waals surface area contributed by atoms with Gasteiger partial charge in [-0.25, -0.2) is 9.97 Å². The molecule has 0 aliphatic rings. The predicted octanol–water partition coefficient (Wildman–Crippen LogP) is 17.4. The average Bonchev–Trinajstić information content (AvgIpc) is 3.44. The Kier molecular flexibility index (Phi) is 27.9. The van der Waals surface area contributed by atoms with Gasteiger partial charge in [-0.3, -0.25) is 0 Å². The van der Waals surface area contributed by atoms with E-state index in [1.165, 1.54) is 70.8 Å². The molecule has 2 heterocycles. The van der Waals surface area contributed by atoms with Gasteiger partial charge in [0, 0.05) is 48.6 Å². The molecular weight excluding hydrogens is 1090 g/mol. The average molecular weight is 1170 g/mol. The van der Waals surface area contributed by atoms with Crippen LogP contribution < -0.4 is 28.7 Å². The van der Waals surface area contributed by atoms with Gasteiger partial charge in [-0.05, 0) is 116 Å². The second-order valence-electron chi connectivity index (χ2n) is 18.6. The minimum atomic E-state index is -1.78. The molecule has 0 bridgehead atoms. The number of methoxy groups -OCH3 is 4. The maximum Gasteiger partial charge on any atom is 0.130 e. The summed E-state index contributed by atoms with van der Waals surface area (Å²) in [4.78, 5) is 13.9. The third-order valence-corrected chi connectivity index (χ3v) is 29.3. The summed E-state index contributed by atoms with van der Waals surface area (Å²) in [7, 11) is 6.70. The topological polar surface area (TPSA) is 69.2 Å². The van der Waals surface area contributed by atoms with Gasteiger partial charge < -0.3 is 28.7 Å². The quantitative estimate of drug-likeness (QED) is 0.0340. The van der Waals surface area contributed by atoms with Crippen LogP contribution >= 0.6 is 15.9 Å². The third-order valence-electron chi connectivity index (χ3n) is 13.2. The van der Waals surface area contributed by atoms with Gasteiger partial charge in [0.05, 0.1) is 28.4 Å². The molecule has 394 valence electrons. The predicted molar refractivity (Wildman–Crippen MR) is 322 cm³/mol. The van der Waals surface area contributed by atoms with E-state index in [0.29, 0.717) is 0 Å². The van der Waals surface area contributed by atoms with Gasteiger partial charge in [0.1, 0.15) is 34.6 Å².